The van der Waals surface area contributed by atoms with Crippen LogP contribution < -0.4 is 10.0 Å². The molecular weight excluding hydrogens is 452 g/mol. The highest BCUT2D eigenvalue weighted by molar-refractivity contribution is 7.90. The molecule has 1 saturated heterocycles. The number of carbonyl (C=O) groups is 2. The third-order valence-electron chi connectivity index (χ3n) is 7.49. The number of hydrogen-bond donors (Lipinski definition) is 2. The largest absolute Gasteiger partial charge is 0.351 e. The first-order valence-electron chi connectivity index (χ1n) is 12.6. The van der Waals surface area contributed by atoms with E-state index in [4.69, 9.17) is 0 Å². The molecule has 8 nitrogen and oxygen atoms in total. The van der Waals surface area contributed by atoms with E-state index < -0.39 is 16.1 Å². The Morgan fingerprint density at radius 2 is 1.79 bits per heavy atom. The van der Waals surface area contributed by atoms with Gasteiger partial charge >= 0.3 is 0 Å². The topological polar surface area (TPSA) is 108 Å². The summed E-state index contributed by atoms with van der Waals surface area (Å²) in [5, 5.41) is 3.13. The molecule has 2 amide bonds. The van der Waals surface area contributed by atoms with Crippen LogP contribution in [0.1, 0.15) is 70.8 Å². The zero-order chi connectivity index (χ0) is 24.3. The molecule has 3 aliphatic rings. The number of amides is 2. The highest BCUT2D eigenvalue weighted by Gasteiger charge is 2.34. The lowest BCUT2D eigenvalue weighted by Crippen LogP contribution is -2.50. The van der Waals surface area contributed by atoms with E-state index in [1.165, 1.54) is 6.42 Å². The van der Waals surface area contributed by atoms with E-state index in [2.05, 4.69) is 15.0 Å². The molecule has 0 radical (unpaired) electrons. The van der Waals surface area contributed by atoms with Crippen LogP contribution in [0.25, 0.3) is 0 Å². The van der Waals surface area contributed by atoms with E-state index in [9.17, 15) is 18.0 Å². The molecular formula is C25H36N4O4S. The van der Waals surface area contributed by atoms with Gasteiger partial charge in [0, 0.05) is 30.6 Å². The fraction of sp³-hybridized carbons (Fsp3) is 0.640. The molecule has 186 valence electrons. The standard InChI is InChI=1S/C25H36N4O4S/c1-3-17(2)22(27-23-20-11-7-8-12-21(20)34(32,33)28-23)24(30)26-19-13-15-29(16-14-19)25(31)18-9-5-4-6-10-18/h7-8,11-12,17-19,22H,3-6,9-10,13-16H2,1-2H3,(H,26,30)(H,27,28)/t17-,22-/m0/s1. The first-order chi connectivity index (χ1) is 16.3. The van der Waals surface area contributed by atoms with Crippen LogP contribution in [0, 0.1) is 11.8 Å². The van der Waals surface area contributed by atoms with Gasteiger partial charge in [-0.1, -0.05) is 51.7 Å². The fourth-order valence-electron chi connectivity index (χ4n) is 5.17. The number of amidine groups is 1. The van der Waals surface area contributed by atoms with Crippen LogP contribution in [0.5, 0.6) is 0 Å². The van der Waals surface area contributed by atoms with E-state index in [-0.39, 0.29) is 40.4 Å². The monoisotopic (exact) mass is 488 g/mol. The van der Waals surface area contributed by atoms with Crippen molar-refractivity contribution in [2.24, 2.45) is 16.8 Å². The second-order valence-electron chi connectivity index (χ2n) is 9.85. The number of nitrogens with one attached hydrogen (secondary N) is 2. The minimum absolute atomic E-state index is 0.0118. The lowest BCUT2D eigenvalue weighted by atomic mass is 9.87. The third-order valence-corrected chi connectivity index (χ3v) is 8.89. The van der Waals surface area contributed by atoms with Gasteiger partial charge in [0.2, 0.25) is 11.8 Å². The Hall–Kier alpha value is -2.42. The van der Waals surface area contributed by atoms with Crippen molar-refractivity contribution in [3.05, 3.63) is 29.8 Å². The molecule has 0 aromatic heterocycles. The summed E-state index contributed by atoms with van der Waals surface area (Å²) < 4.78 is 27.4. The van der Waals surface area contributed by atoms with Gasteiger partial charge in [-0.2, -0.15) is 0 Å². The summed E-state index contributed by atoms with van der Waals surface area (Å²) in [5.74, 6) is 0.424. The van der Waals surface area contributed by atoms with Crippen molar-refractivity contribution in [1.29, 1.82) is 0 Å². The number of likely N-dealkylation sites (tertiary alicyclic amines) is 1. The minimum Gasteiger partial charge on any atom is -0.351 e. The summed E-state index contributed by atoms with van der Waals surface area (Å²) in [5.41, 5.74) is 0.498. The molecule has 0 spiro atoms. The van der Waals surface area contributed by atoms with Gasteiger partial charge in [0.15, 0.2) is 0 Å². The van der Waals surface area contributed by atoms with Gasteiger partial charge in [0.05, 0.1) is 4.90 Å². The molecule has 1 aromatic carbocycles. The number of hydrogen-bond acceptors (Lipinski definition) is 5. The molecule has 2 heterocycles. The second-order valence-corrected chi connectivity index (χ2v) is 11.5. The minimum atomic E-state index is -3.66. The van der Waals surface area contributed by atoms with Crippen LogP contribution >= 0.6 is 0 Å². The Morgan fingerprint density at radius 1 is 1.12 bits per heavy atom. The molecule has 2 aliphatic heterocycles. The number of carbonyl (C=O) groups excluding carboxylic acids is 2. The van der Waals surface area contributed by atoms with Crippen LogP contribution in [-0.2, 0) is 19.6 Å². The van der Waals surface area contributed by atoms with Gasteiger partial charge < -0.3 is 10.2 Å². The van der Waals surface area contributed by atoms with Gasteiger partial charge in [0.25, 0.3) is 10.0 Å². The maximum Gasteiger partial charge on any atom is 0.263 e. The molecule has 0 unspecified atom stereocenters. The Morgan fingerprint density at radius 3 is 2.47 bits per heavy atom. The molecule has 9 heteroatoms. The predicted molar refractivity (Wildman–Crippen MR) is 131 cm³/mol. The summed E-state index contributed by atoms with van der Waals surface area (Å²) in [6, 6.07) is 5.97. The zero-order valence-corrected chi connectivity index (χ0v) is 20.9. The molecule has 0 bridgehead atoms. The maximum absolute atomic E-state index is 13.3. The van der Waals surface area contributed by atoms with Crippen molar-refractivity contribution in [3.8, 4) is 0 Å². The normalized spacial score (nSPS) is 23.7. The van der Waals surface area contributed by atoms with Crippen LogP contribution in [0.2, 0.25) is 0 Å². The van der Waals surface area contributed by atoms with Crippen molar-refractivity contribution in [2.75, 3.05) is 13.1 Å². The fourth-order valence-corrected chi connectivity index (χ4v) is 6.41. The van der Waals surface area contributed by atoms with E-state index in [0.717, 1.165) is 44.9 Å². The molecule has 1 aromatic rings. The maximum atomic E-state index is 13.3. The summed E-state index contributed by atoms with van der Waals surface area (Å²) >= 11 is 0. The molecule has 34 heavy (non-hydrogen) atoms. The lowest BCUT2D eigenvalue weighted by molar-refractivity contribution is -0.137. The average Bonchev–Trinajstić information content (AvgIpc) is 3.12. The van der Waals surface area contributed by atoms with E-state index in [1.807, 2.05) is 18.7 Å². The summed E-state index contributed by atoms with van der Waals surface area (Å²) in [6.45, 7) is 5.27. The van der Waals surface area contributed by atoms with E-state index in [1.54, 1.807) is 24.3 Å². The first kappa shape index (κ1) is 24.7. The van der Waals surface area contributed by atoms with Crippen LogP contribution in [-0.4, -0.2) is 56.1 Å². The number of aliphatic imine (C=N–C) groups is 1. The summed E-state index contributed by atoms with van der Waals surface area (Å²) in [7, 11) is -3.66. The van der Waals surface area contributed by atoms with E-state index >= 15 is 0 Å². The van der Waals surface area contributed by atoms with Crippen LogP contribution in [0.15, 0.2) is 34.2 Å². The van der Waals surface area contributed by atoms with Gasteiger partial charge in [0.1, 0.15) is 11.9 Å². The number of rotatable bonds is 6. The van der Waals surface area contributed by atoms with Gasteiger partial charge in [-0.3, -0.25) is 19.3 Å². The SMILES string of the molecule is CC[C@H](C)[C@H](N=C1NS(=O)(=O)c2ccccc21)C(=O)NC1CCN(C(=O)C2CCCCC2)CC1. The first-order valence-corrected chi connectivity index (χ1v) is 14.1. The zero-order valence-electron chi connectivity index (χ0n) is 20.1. The van der Waals surface area contributed by atoms with Gasteiger partial charge in [-0.15, -0.1) is 0 Å². The second kappa shape index (κ2) is 10.5. The van der Waals surface area contributed by atoms with Crippen molar-refractivity contribution < 1.29 is 18.0 Å². The lowest BCUT2D eigenvalue weighted by Gasteiger charge is -2.36. The van der Waals surface area contributed by atoms with Gasteiger partial charge in [-0.05, 0) is 43.7 Å². The molecule has 2 atom stereocenters. The molecule has 1 saturated carbocycles. The van der Waals surface area contributed by atoms with E-state index in [0.29, 0.717) is 18.7 Å². The highest BCUT2D eigenvalue weighted by Crippen LogP contribution is 2.27. The van der Waals surface area contributed by atoms with Crippen molar-refractivity contribution in [2.45, 2.75) is 82.2 Å². The third kappa shape index (κ3) is 5.29. The molecule has 2 N–H and O–H groups in total. The average molecular weight is 489 g/mol. The molecule has 4 rings (SSSR count). The number of fused-ring (bicyclic) bond motifs is 1. The smallest absolute Gasteiger partial charge is 0.263 e. The van der Waals surface area contributed by atoms with Crippen LogP contribution in [0.4, 0.5) is 0 Å². The number of piperidine rings is 1. The Kier molecular flexibility index (Phi) is 7.60. The number of benzene rings is 1. The Labute approximate surface area is 202 Å². The predicted octanol–water partition coefficient (Wildman–Crippen LogP) is 2.83. The van der Waals surface area contributed by atoms with Crippen molar-refractivity contribution >= 4 is 27.7 Å². The van der Waals surface area contributed by atoms with Crippen LogP contribution in [0.3, 0.4) is 0 Å². The van der Waals surface area contributed by atoms with Crippen molar-refractivity contribution in [1.82, 2.24) is 14.9 Å². The Balaban J connectivity index is 1.41. The van der Waals surface area contributed by atoms with Crippen molar-refractivity contribution in [3.63, 3.8) is 0 Å². The summed E-state index contributed by atoms with van der Waals surface area (Å²) in [4.78, 5) is 32.8. The molecule has 2 fully saturated rings. The molecule has 1 aliphatic carbocycles. The van der Waals surface area contributed by atoms with Gasteiger partial charge in [-0.25, -0.2) is 8.42 Å². The Bertz CT molecular complexity index is 1040. The number of sulfonamides is 1. The summed E-state index contributed by atoms with van der Waals surface area (Å²) in [6.07, 6.45) is 7.70. The number of nitrogens with zero attached hydrogens (tertiary/aromatic N) is 2. The quantitative estimate of drug-likeness (QED) is 0.642. The highest BCUT2D eigenvalue weighted by atomic mass is 32.2.